The van der Waals surface area contributed by atoms with Gasteiger partial charge in [-0.1, -0.05) is 204 Å². The highest BCUT2D eigenvalue weighted by molar-refractivity contribution is 6.99. The predicted molar refractivity (Wildman–Crippen MR) is 238 cm³/mol. The third kappa shape index (κ3) is 6.35. The minimum absolute atomic E-state index is 0.118. The van der Waals surface area contributed by atoms with E-state index in [0.717, 1.165) is 27.8 Å². The minimum Gasteiger partial charge on any atom is -0.208 e. The highest BCUT2D eigenvalue weighted by Gasteiger charge is 2.33. The maximum Gasteiger partial charge on any atom is 0.242 e. The summed E-state index contributed by atoms with van der Waals surface area (Å²) in [6.07, 6.45) is 0. The van der Waals surface area contributed by atoms with E-state index < -0.39 is 0 Å². The first-order chi connectivity index (χ1) is 28.1. The standard InChI is InChI=1S/C53H38BN3/c1-35-15-9-10-23-44(35)50-36(2)16-13-25-45(50)37-27-30-43(31-28-37)54-48-26-12-11-24-46(48)47-32-29-41(34-49(47)54)40-21-14-22-42(33-40)53-56-51(38-17-5-3-6-18-38)55-52(57-53)39-19-7-4-8-20-39/h3-34H,1-2H3. The highest BCUT2D eigenvalue weighted by Crippen LogP contribution is 2.37. The first-order valence-corrected chi connectivity index (χ1v) is 19.6. The largest absolute Gasteiger partial charge is 0.242 e. The molecule has 0 saturated carbocycles. The van der Waals surface area contributed by atoms with Gasteiger partial charge in [0, 0.05) is 16.7 Å². The third-order valence-corrected chi connectivity index (χ3v) is 11.3. The van der Waals surface area contributed by atoms with E-state index in [-0.39, 0.29) is 6.71 Å². The summed E-state index contributed by atoms with van der Waals surface area (Å²) in [6, 6.07) is 69.3. The Hall–Kier alpha value is -7.17. The Balaban J connectivity index is 1.04. The SMILES string of the molecule is Cc1ccccc1-c1c(C)cccc1-c1ccc(B2c3ccccc3-c3ccc(-c4cccc(-c5nc(-c6ccccc6)nc(-c6ccccc6)n5)c4)cc32)cc1. The zero-order chi connectivity index (χ0) is 38.3. The number of hydrogen-bond acceptors (Lipinski definition) is 3. The van der Waals surface area contributed by atoms with Crippen molar-refractivity contribution in [3.8, 4) is 78.7 Å². The van der Waals surface area contributed by atoms with Gasteiger partial charge in [0.15, 0.2) is 17.5 Å². The monoisotopic (exact) mass is 727 g/mol. The smallest absolute Gasteiger partial charge is 0.208 e. The van der Waals surface area contributed by atoms with Crippen molar-refractivity contribution >= 4 is 23.1 Å². The fourth-order valence-corrected chi connectivity index (χ4v) is 8.50. The molecule has 8 aromatic carbocycles. The average molecular weight is 728 g/mol. The lowest BCUT2D eigenvalue weighted by atomic mass is 9.39. The molecule has 4 heteroatoms. The fraction of sp³-hybridized carbons (Fsp3) is 0.0377. The zero-order valence-electron chi connectivity index (χ0n) is 31.9. The lowest BCUT2D eigenvalue weighted by Gasteiger charge is -2.17. The Labute approximate surface area is 334 Å². The van der Waals surface area contributed by atoms with Crippen molar-refractivity contribution in [3.05, 3.63) is 205 Å². The molecule has 0 bridgehead atoms. The minimum atomic E-state index is 0.118. The summed E-state index contributed by atoms with van der Waals surface area (Å²) in [5.74, 6) is 1.96. The third-order valence-electron chi connectivity index (χ3n) is 11.3. The molecule has 0 spiro atoms. The normalized spacial score (nSPS) is 11.6. The summed E-state index contributed by atoms with van der Waals surface area (Å²) in [5.41, 5.74) is 19.3. The molecule has 1 aliphatic heterocycles. The van der Waals surface area contributed by atoms with Crippen LogP contribution in [-0.4, -0.2) is 21.7 Å². The molecule has 9 aromatic rings. The lowest BCUT2D eigenvalue weighted by molar-refractivity contribution is 1.07. The van der Waals surface area contributed by atoms with Gasteiger partial charge in [-0.25, -0.2) is 15.0 Å². The molecule has 1 aliphatic rings. The van der Waals surface area contributed by atoms with Crippen molar-refractivity contribution in [2.24, 2.45) is 0 Å². The Morgan fingerprint density at radius 3 is 1.51 bits per heavy atom. The first kappa shape index (κ1) is 34.3. The first-order valence-electron chi connectivity index (χ1n) is 19.6. The molecule has 0 saturated heterocycles. The van der Waals surface area contributed by atoms with Crippen molar-refractivity contribution in [2.75, 3.05) is 0 Å². The van der Waals surface area contributed by atoms with E-state index in [9.17, 15) is 0 Å². The summed E-state index contributed by atoms with van der Waals surface area (Å²) < 4.78 is 0. The number of benzene rings is 8. The molecular weight excluding hydrogens is 689 g/mol. The van der Waals surface area contributed by atoms with Gasteiger partial charge >= 0.3 is 0 Å². The maximum absolute atomic E-state index is 5.01. The summed E-state index contributed by atoms with van der Waals surface area (Å²) in [7, 11) is 0. The van der Waals surface area contributed by atoms with Gasteiger partial charge in [-0.2, -0.15) is 0 Å². The average Bonchev–Trinajstić information content (AvgIpc) is 3.61. The van der Waals surface area contributed by atoms with E-state index in [1.165, 1.54) is 60.9 Å². The lowest BCUT2D eigenvalue weighted by Crippen LogP contribution is -2.48. The Morgan fingerprint density at radius 1 is 0.316 bits per heavy atom. The molecule has 0 unspecified atom stereocenters. The molecule has 10 rings (SSSR count). The van der Waals surface area contributed by atoms with Gasteiger partial charge < -0.3 is 0 Å². The molecule has 0 N–H and O–H groups in total. The van der Waals surface area contributed by atoms with Gasteiger partial charge in [0.05, 0.1) is 0 Å². The Bertz CT molecular complexity index is 2860. The van der Waals surface area contributed by atoms with E-state index in [4.69, 9.17) is 15.0 Å². The van der Waals surface area contributed by atoms with Crippen LogP contribution in [0.5, 0.6) is 0 Å². The zero-order valence-corrected chi connectivity index (χ0v) is 31.9. The van der Waals surface area contributed by atoms with E-state index in [1.807, 2.05) is 60.7 Å². The van der Waals surface area contributed by atoms with Crippen molar-refractivity contribution in [1.82, 2.24) is 15.0 Å². The van der Waals surface area contributed by atoms with Gasteiger partial charge in [0.2, 0.25) is 6.71 Å². The Morgan fingerprint density at radius 2 is 0.807 bits per heavy atom. The van der Waals surface area contributed by atoms with E-state index in [0.29, 0.717) is 17.5 Å². The van der Waals surface area contributed by atoms with Gasteiger partial charge in [-0.05, 0) is 75.5 Å². The molecular formula is C53H38BN3. The Kier molecular flexibility index (Phi) is 8.72. The van der Waals surface area contributed by atoms with Crippen LogP contribution < -0.4 is 16.4 Å². The summed E-state index contributed by atoms with van der Waals surface area (Å²) in [5, 5.41) is 0. The molecule has 3 nitrogen and oxygen atoms in total. The van der Waals surface area contributed by atoms with Crippen molar-refractivity contribution < 1.29 is 0 Å². The summed E-state index contributed by atoms with van der Waals surface area (Å²) in [6.45, 7) is 4.53. The number of fused-ring (bicyclic) bond motifs is 3. The number of aromatic nitrogens is 3. The van der Waals surface area contributed by atoms with Crippen LogP contribution in [0, 0.1) is 13.8 Å². The van der Waals surface area contributed by atoms with Crippen LogP contribution >= 0.6 is 0 Å². The number of rotatable bonds is 7. The molecule has 0 fully saturated rings. The summed E-state index contributed by atoms with van der Waals surface area (Å²) in [4.78, 5) is 14.9. The molecule has 0 aliphatic carbocycles. The van der Waals surface area contributed by atoms with Gasteiger partial charge in [0.25, 0.3) is 0 Å². The molecule has 57 heavy (non-hydrogen) atoms. The van der Waals surface area contributed by atoms with Crippen LogP contribution in [0.3, 0.4) is 0 Å². The number of nitrogens with zero attached hydrogens (tertiary/aromatic N) is 3. The maximum atomic E-state index is 5.01. The van der Waals surface area contributed by atoms with Crippen molar-refractivity contribution in [3.63, 3.8) is 0 Å². The van der Waals surface area contributed by atoms with Crippen molar-refractivity contribution in [2.45, 2.75) is 13.8 Å². The van der Waals surface area contributed by atoms with Crippen LogP contribution in [0.25, 0.3) is 78.7 Å². The molecule has 0 atom stereocenters. The second-order valence-electron chi connectivity index (χ2n) is 14.9. The second-order valence-corrected chi connectivity index (χ2v) is 14.9. The van der Waals surface area contributed by atoms with Crippen LogP contribution in [-0.2, 0) is 0 Å². The highest BCUT2D eigenvalue weighted by atomic mass is 15.0. The van der Waals surface area contributed by atoms with Gasteiger partial charge in [-0.15, -0.1) is 0 Å². The molecule has 1 aromatic heterocycles. The van der Waals surface area contributed by atoms with Crippen molar-refractivity contribution in [1.29, 1.82) is 0 Å². The van der Waals surface area contributed by atoms with Crippen LogP contribution in [0.1, 0.15) is 11.1 Å². The van der Waals surface area contributed by atoms with Gasteiger partial charge in [-0.3, -0.25) is 0 Å². The quantitative estimate of drug-likeness (QED) is 0.153. The van der Waals surface area contributed by atoms with E-state index >= 15 is 0 Å². The second kappa shape index (κ2) is 14.5. The molecule has 0 amide bonds. The molecule has 0 radical (unpaired) electrons. The number of hydrogen-bond donors (Lipinski definition) is 0. The predicted octanol–water partition coefficient (Wildman–Crippen LogP) is 11.0. The fourth-order valence-electron chi connectivity index (χ4n) is 8.50. The van der Waals surface area contributed by atoms with Crippen LogP contribution in [0.15, 0.2) is 194 Å². The van der Waals surface area contributed by atoms with E-state index in [2.05, 4.69) is 147 Å². The van der Waals surface area contributed by atoms with Crippen LogP contribution in [0.4, 0.5) is 0 Å². The van der Waals surface area contributed by atoms with Crippen LogP contribution in [0.2, 0.25) is 0 Å². The van der Waals surface area contributed by atoms with Gasteiger partial charge in [0.1, 0.15) is 0 Å². The topological polar surface area (TPSA) is 38.7 Å². The molecule has 2 heterocycles. The van der Waals surface area contributed by atoms with E-state index in [1.54, 1.807) is 0 Å². The summed E-state index contributed by atoms with van der Waals surface area (Å²) >= 11 is 0. The number of aryl methyl sites for hydroxylation is 2. The molecule has 268 valence electrons.